The summed E-state index contributed by atoms with van der Waals surface area (Å²) in [6.45, 7) is 8.08. The van der Waals surface area contributed by atoms with Crippen molar-refractivity contribution in [2.45, 2.75) is 64.8 Å². The van der Waals surface area contributed by atoms with Crippen LogP contribution in [-0.2, 0) is 23.1 Å². The molecule has 6 nitrogen and oxygen atoms in total. The van der Waals surface area contributed by atoms with E-state index < -0.39 is 0 Å². The third-order valence-corrected chi connectivity index (χ3v) is 3.43. The fraction of sp³-hybridized carbons (Fsp3) is 0.588. The molecule has 0 aromatic carbocycles. The molecule has 1 N–H and O–H groups in total. The van der Waals surface area contributed by atoms with E-state index in [9.17, 15) is 4.79 Å². The number of nitrogens with one attached hydrogen (secondary N) is 1. The van der Waals surface area contributed by atoms with E-state index in [-0.39, 0.29) is 17.4 Å². The second-order valence-corrected chi connectivity index (χ2v) is 6.87. The van der Waals surface area contributed by atoms with E-state index in [0.29, 0.717) is 37.4 Å². The summed E-state index contributed by atoms with van der Waals surface area (Å²) in [6, 6.07) is 3.80. The minimum atomic E-state index is -0.125. The Kier molecular flexibility index (Phi) is 5.58. The van der Waals surface area contributed by atoms with Crippen molar-refractivity contribution in [3.05, 3.63) is 35.9 Å². The van der Waals surface area contributed by atoms with Crippen molar-refractivity contribution in [2.24, 2.45) is 0 Å². The third kappa shape index (κ3) is 5.54. The highest BCUT2D eigenvalue weighted by molar-refractivity contribution is 5.76. The van der Waals surface area contributed by atoms with Crippen LogP contribution in [0.15, 0.2) is 27.3 Å². The molecular formula is C17H25N3O3. The molecule has 2 aromatic rings. The smallest absolute Gasteiger partial charge is 0.226 e. The molecule has 2 heterocycles. The van der Waals surface area contributed by atoms with Gasteiger partial charge in [-0.05, 0) is 25.5 Å². The molecule has 2 rings (SSSR count). The van der Waals surface area contributed by atoms with E-state index in [0.717, 1.165) is 5.76 Å². The Labute approximate surface area is 136 Å². The highest BCUT2D eigenvalue weighted by Gasteiger charge is 2.20. The number of hydrogen-bond acceptors (Lipinski definition) is 5. The van der Waals surface area contributed by atoms with Crippen LogP contribution in [0.5, 0.6) is 0 Å². The van der Waals surface area contributed by atoms with Gasteiger partial charge in [0, 0.05) is 30.7 Å². The Morgan fingerprint density at radius 3 is 2.78 bits per heavy atom. The molecule has 0 saturated carbocycles. The van der Waals surface area contributed by atoms with E-state index >= 15 is 0 Å². The lowest BCUT2D eigenvalue weighted by molar-refractivity contribution is -0.121. The first-order valence-electron chi connectivity index (χ1n) is 7.99. The predicted molar refractivity (Wildman–Crippen MR) is 86.0 cm³/mol. The van der Waals surface area contributed by atoms with E-state index in [1.807, 2.05) is 39.8 Å². The molecule has 0 aliphatic carbocycles. The topological polar surface area (TPSA) is 81.2 Å². The molecule has 0 fully saturated rings. The van der Waals surface area contributed by atoms with Crippen molar-refractivity contribution in [2.75, 3.05) is 0 Å². The quantitative estimate of drug-likeness (QED) is 0.848. The number of rotatable bonds is 7. The summed E-state index contributed by atoms with van der Waals surface area (Å²) in [4.78, 5) is 16.3. The summed E-state index contributed by atoms with van der Waals surface area (Å²) < 4.78 is 10.5. The van der Waals surface area contributed by atoms with Crippen LogP contribution in [0.1, 0.15) is 58.0 Å². The lowest BCUT2D eigenvalue weighted by atomic mass is 9.96. The summed E-state index contributed by atoms with van der Waals surface area (Å²) in [6.07, 6.45) is 4.07. The van der Waals surface area contributed by atoms with Gasteiger partial charge in [-0.25, -0.2) is 0 Å². The van der Waals surface area contributed by atoms with Crippen molar-refractivity contribution in [1.82, 2.24) is 15.5 Å². The standard InChI is InChI=1S/C17H25N3O3/c1-12(11-13-7-6-10-22-13)18-14(21)8-5-9-15-19-16(20-23-15)17(2,3)4/h6-7,10,12H,5,8-9,11H2,1-4H3,(H,18,21)/t12-/m1/s1. The number of aryl methyl sites for hydroxylation is 1. The van der Waals surface area contributed by atoms with Gasteiger partial charge in [0.2, 0.25) is 11.8 Å². The molecule has 1 atom stereocenters. The molecule has 0 spiro atoms. The molecule has 23 heavy (non-hydrogen) atoms. The first-order valence-corrected chi connectivity index (χ1v) is 7.99. The van der Waals surface area contributed by atoms with Crippen LogP contribution < -0.4 is 5.32 Å². The fourth-order valence-corrected chi connectivity index (χ4v) is 2.19. The molecule has 6 heteroatoms. The zero-order valence-corrected chi connectivity index (χ0v) is 14.3. The Morgan fingerprint density at radius 2 is 2.17 bits per heavy atom. The SMILES string of the molecule is C[C@H](Cc1ccco1)NC(=O)CCCc1nc(C(C)(C)C)no1. The lowest BCUT2D eigenvalue weighted by Gasteiger charge is -2.12. The molecule has 0 radical (unpaired) electrons. The van der Waals surface area contributed by atoms with Crippen molar-refractivity contribution in [1.29, 1.82) is 0 Å². The van der Waals surface area contributed by atoms with Gasteiger partial charge in [0.1, 0.15) is 5.76 Å². The molecule has 0 aliphatic heterocycles. The third-order valence-electron chi connectivity index (χ3n) is 3.43. The summed E-state index contributed by atoms with van der Waals surface area (Å²) in [5, 5.41) is 6.95. The summed E-state index contributed by atoms with van der Waals surface area (Å²) >= 11 is 0. The van der Waals surface area contributed by atoms with Gasteiger partial charge in [0.25, 0.3) is 0 Å². The second-order valence-electron chi connectivity index (χ2n) is 6.87. The van der Waals surface area contributed by atoms with E-state index in [2.05, 4.69) is 15.5 Å². The lowest BCUT2D eigenvalue weighted by Crippen LogP contribution is -2.33. The fourth-order valence-electron chi connectivity index (χ4n) is 2.19. The number of furan rings is 1. The number of aromatic nitrogens is 2. The number of hydrogen-bond donors (Lipinski definition) is 1. The van der Waals surface area contributed by atoms with Crippen LogP contribution >= 0.6 is 0 Å². The summed E-state index contributed by atoms with van der Waals surface area (Å²) in [5.74, 6) is 2.19. The largest absolute Gasteiger partial charge is 0.469 e. The van der Waals surface area contributed by atoms with Crippen molar-refractivity contribution >= 4 is 5.91 Å². The second kappa shape index (κ2) is 7.44. The maximum absolute atomic E-state index is 11.9. The molecule has 0 unspecified atom stereocenters. The van der Waals surface area contributed by atoms with E-state index in [1.165, 1.54) is 0 Å². The van der Waals surface area contributed by atoms with Gasteiger partial charge in [0.15, 0.2) is 5.82 Å². The van der Waals surface area contributed by atoms with E-state index in [1.54, 1.807) is 6.26 Å². The summed E-state index contributed by atoms with van der Waals surface area (Å²) in [5.41, 5.74) is -0.125. The molecule has 2 aromatic heterocycles. The van der Waals surface area contributed by atoms with Gasteiger partial charge in [-0.15, -0.1) is 0 Å². The summed E-state index contributed by atoms with van der Waals surface area (Å²) in [7, 11) is 0. The maximum atomic E-state index is 11.9. The van der Waals surface area contributed by atoms with Crippen LogP contribution in [0.25, 0.3) is 0 Å². The molecule has 0 saturated heterocycles. The number of carbonyl (C=O) groups is 1. The first-order chi connectivity index (χ1) is 10.8. The highest BCUT2D eigenvalue weighted by Crippen LogP contribution is 2.18. The van der Waals surface area contributed by atoms with Crippen molar-refractivity contribution in [3.8, 4) is 0 Å². The average Bonchev–Trinajstić information content (AvgIpc) is 3.09. The first kappa shape index (κ1) is 17.2. The molecular weight excluding hydrogens is 294 g/mol. The van der Waals surface area contributed by atoms with Gasteiger partial charge in [-0.2, -0.15) is 4.98 Å². The van der Waals surface area contributed by atoms with Gasteiger partial charge in [-0.3, -0.25) is 4.79 Å². The van der Waals surface area contributed by atoms with Gasteiger partial charge in [-0.1, -0.05) is 25.9 Å². The number of nitrogens with zero attached hydrogens (tertiary/aromatic N) is 2. The van der Waals surface area contributed by atoms with Gasteiger partial charge >= 0.3 is 0 Å². The van der Waals surface area contributed by atoms with Crippen molar-refractivity contribution < 1.29 is 13.7 Å². The number of amides is 1. The Balaban J connectivity index is 1.69. The Morgan fingerprint density at radius 1 is 1.39 bits per heavy atom. The van der Waals surface area contributed by atoms with Gasteiger partial charge in [0.05, 0.1) is 6.26 Å². The van der Waals surface area contributed by atoms with Crippen LogP contribution in [0, 0.1) is 0 Å². The molecule has 0 bridgehead atoms. The van der Waals surface area contributed by atoms with Crippen LogP contribution in [-0.4, -0.2) is 22.1 Å². The molecule has 1 amide bonds. The molecule has 126 valence electrons. The highest BCUT2D eigenvalue weighted by atomic mass is 16.5. The monoisotopic (exact) mass is 319 g/mol. The average molecular weight is 319 g/mol. The van der Waals surface area contributed by atoms with Crippen LogP contribution in [0.2, 0.25) is 0 Å². The zero-order chi connectivity index (χ0) is 16.9. The minimum Gasteiger partial charge on any atom is -0.469 e. The Hall–Kier alpha value is -2.11. The van der Waals surface area contributed by atoms with Gasteiger partial charge < -0.3 is 14.3 Å². The molecule has 0 aliphatic rings. The van der Waals surface area contributed by atoms with Crippen molar-refractivity contribution in [3.63, 3.8) is 0 Å². The normalized spacial score (nSPS) is 13.0. The van der Waals surface area contributed by atoms with Crippen LogP contribution in [0.3, 0.4) is 0 Å². The number of carbonyl (C=O) groups excluding carboxylic acids is 1. The predicted octanol–water partition coefficient (Wildman–Crippen LogP) is 3.03. The van der Waals surface area contributed by atoms with E-state index in [4.69, 9.17) is 8.94 Å². The minimum absolute atomic E-state index is 0.0274. The van der Waals surface area contributed by atoms with Crippen LogP contribution in [0.4, 0.5) is 0 Å². The maximum Gasteiger partial charge on any atom is 0.226 e. The zero-order valence-electron chi connectivity index (χ0n) is 14.3. The Bertz CT molecular complexity index is 611.